The number of hydrogen-bond donors (Lipinski definition) is 1. The average Bonchev–Trinajstić information content (AvgIpc) is 1.90. The van der Waals surface area contributed by atoms with E-state index in [4.69, 9.17) is 0 Å². The maximum Gasteiger partial charge on any atom is 0.142 e. The zero-order chi connectivity index (χ0) is 6.69. The molecule has 1 rings (SSSR count). The highest BCUT2D eigenvalue weighted by Gasteiger charge is 2.08. The second kappa shape index (κ2) is 2.67. The molecule has 1 aliphatic heterocycles. The molecule has 0 aromatic rings. The smallest absolute Gasteiger partial charge is 0.142 e. The molecule has 0 aromatic heterocycles. The number of carbonyl (C=O) groups is 1. The summed E-state index contributed by atoms with van der Waals surface area (Å²) < 4.78 is 0. The topological polar surface area (TPSA) is 29.1 Å². The fourth-order valence-corrected chi connectivity index (χ4v) is 0.895. The van der Waals surface area contributed by atoms with Gasteiger partial charge in [-0.15, -0.1) is 0 Å². The molecule has 1 atom stereocenters. The molecule has 0 aliphatic carbocycles. The zero-order valence-corrected chi connectivity index (χ0v) is 5.55. The molecule has 0 saturated heterocycles. The van der Waals surface area contributed by atoms with Gasteiger partial charge in [0, 0.05) is 0 Å². The van der Waals surface area contributed by atoms with Gasteiger partial charge < -0.3 is 10.1 Å². The Morgan fingerprint density at radius 3 is 3.11 bits per heavy atom. The predicted octanol–water partition coefficient (Wildman–Crippen LogP) is 0.841. The predicted molar refractivity (Wildman–Crippen MR) is 36.0 cm³/mol. The summed E-state index contributed by atoms with van der Waals surface area (Å²) in [4.78, 5) is 10.2. The van der Waals surface area contributed by atoms with Crippen LogP contribution >= 0.6 is 0 Å². The summed E-state index contributed by atoms with van der Waals surface area (Å²) in [5.41, 5.74) is 1.33. The van der Waals surface area contributed by atoms with Crippen LogP contribution in [0.3, 0.4) is 0 Å². The number of allylic oxidation sites excluding steroid dienone is 1. The zero-order valence-electron chi connectivity index (χ0n) is 5.55. The van der Waals surface area contributed by atoms with E-state index in [-0.39, 0.29) is 6.04 Å². The van der Waals surface area contributed by atoms with E-state index in [1.165, 1.54) is 5.57 Å². The van der Waals surface area contributed by atoms with Gasteiger partial charge in [-0.1, -0.05) is 5.57 Å². The minimum Gasteiger partial charge on any atom is -0.381 e. The van der Waals surface area contributed by atoms with Crippen LogP contribution < -0.4 is 5.32 Å². The number of carbonyl (C=O) groups excluding carboxylic acids is 1. The number of rotatable bonds is 1. The van der Waals surface area contributed by atoms with Crippen LogP contribution in [-0.2, 0) is 4.79 Å². The summed E-state index contributed by atoms with van der Waals surface area (Å²) in [7, 11) is 0. The molecule has 0 amide bonds. The lowest BCUT2D eigenvalue weighted by atomic mass is 10.1. The monoisotopic (exact) mass is 125 g/mol. The second-order valence-electron chi connectivity index (χ2n) is 2.44. The largest absolute Gasteiger partial charge is 0.381 e. The van der Waals surface area contributed by atoms with Crippen molar-refractivity contribution in [3.05, 3.63) is 11.8 Å². The Labute approximate surface area is 54.9 Å². The van der Waals surface area contributed by atoms with Crippen LogP contribution in [0.5, 0.6) is 0 Å². The van der Waals surface area contributed by atoms with Crippen LogP contribution in [0.25, 0.3) is 0 Å². The van der Waals surface area contributed by atoms with Gasteiger partial charge in [-0.05, 0) is 26.0 Å². The highest BCUT2D eigenvalue weighted by atomic mass is 16.1. The molecular formula is C7H11NO. The van der Waals surface area contributed by atoms with E-state index in [1.807, 2.05) is 6.20 Å². The SMILES string of the molecule is CC1=CNC(C=O)CC1. The van der Waals surface area contributed by atoms with E-state index in [0.29, 0.717) is 0 Å². The van der Waals surface area contributed by atoms with Crippen LogP contribution in [0.1, 0.15) is 19.8 Å². The van der Waals surface area contributed by atoms with Crippen LogP contribution in [-0.4, -0.2) is 12.3 Å². The minimum atomic E-state index is 0.0636. The first kappa shape index (κ1) is 6.33. The standard InChI is InChI=1S/C7H11NO/c1-6-2-3-7(5-9)8-4-6/h4-5,7-8H,2-3H2,1H3. The first-order chi connectivity index (χ1) is 4.33. The van der Waals surface area contributed by atoms with Crippen molar-refractivity contribution in [2.24, 2.45) is 0 Å². The van der Waals surface area contributed by atoms with Crippen LogP contribution in [0.2, 0.25) is 0 Å². The maximum absolute atomic E-state index is 10.2. The Balaban J connectivity index is 2.45. The molecule has 1 unspecified atom stereocenters. The summed E-state index contributed by atoms with van der Waals surface area (Å²) in [6.45, 7) is 2.06. The molecule has 0 saturated carbocycles. The van der Waals surface area contributed by atoms with Gasteiger partial charge in [-0.3, -0.25) is 0 Å². The van der Waals surface area contributed by atoms with E-state index in [9.17, 15) is 4.79 Å². The summed E-state index contributed by atoms with van der Waals surface area (Å²) >= 11 is 0. The molecule has 50 valence electrons. The molecule has 0 fully saturated rings. The number of hydrogen-bond acceptors (Lipinski definition) is 2. The number of aldehydes is 1. The van der Waals surface area contributed by atoms with E-state index in [1.54, 1.807) is 0 Å². The van der Waals surface area contributed by atoms with Crippen LogP contribution in [0.4, 0.5) is 0 Å². The third kappa shape index (κ3) is 1.56. The van der Waals surface area contributed by atoms with E-state index in [2.05, 4.69) is 12.2 Å². The molecule has 1 heterocycles. The van der Waals surface area contributed by atoms with Gasteiger partial charge in [0.25, 0.3) is 0 Å². The lowest BCUT2D eigenvalue weighted by Crippen LogP contribution is -2.28. The summed E-state index contributed by atoms with van der Waals surface area (Å²) in [5.74, 6) is 0. The van der Waals surface area contributed by atoms with Gasteiger partial charge >= 0.3 is 0 Å². The average molecular weight is 125 g/mol. The van der Waals surface area contributed by atoms with Gasteiger partial charge in [-0.25, -0.2) is 0 Å². The van der Waals surface area contributed by atoms with Gasteiger partial charge in [0.15, 0.2) is 0 Å². The molecule has 0 bridgehead atoms. The third-order valence-electron chi connectivity index (χ3n) is 1.56. The summed E-state index contributed by atoms with van der Waals surface area (Å²) in [6, 6.07) is 0.0636. The van der Waals surface area contributed by atoms with Crippen molar-refractivity contribution in [1.82, 2.24) is 5.32 Å². The molecule has 9 heavy (non-hydrogen) atoms. The minimum absolute atomic E-state index is 0.0636. The van der Waals surface area contributed by atoms with Crippen molar-refractivity contribution in [1.29, 1.82) is 0 Å². The Morgan fingerprint density at radius 2 is 2.67 bits per heavy atom. The first-order valence-electron chi connectivity index (χ1n) is 3.20. The lowest BCUT2D eigenvalue weighted by Gasteiger charge is -2.16. The third-order valence-corrected chi connectivity index (χ3v) is 1.56. The molecule has 1 N–H and O–H groups in total. The van der Waals surface area contributed by atoms with E-state index in [0.717, 1.165) is 19.1 Å². The molecule has 0 radical (unpaired) electrons. The molecule has 0 aromatic carbocycles. The number of nitrogens with one attached hydrogen (secondary N) is 1. The molecule has 2 nitrogen and oxygen atoms in total. The fraction of sp³-hybridized carbons (Fsp3) is 0.571. The van der Waals surface area contributed by atoms with E-state index < -0.39 is 0 Å². The van der Waals surface area contributed by atoms with Crippen LogP contribution in [0, 0.1) is 0 Å². The summed E-state index contributed by atoms with van der Waals surface area (Å²) in [5, 5.41) is 2.99. The van der Waals surface area contributed by atoms with Gasteiger partial charge in [0.05, 0.1) is 6.04 Å². The van der Waals surface area contributed by atoms with Crippen molar-refractivity contribution in [3.8, 4) is 0 Å². The van der Waals surface area contributed by atoms with Crippen molar-refractivity contribution >= 4 is 6.29 Å². The van der Waals surface area contributed by atoms with Crippen molar-refractivity contribution < 1.29 is 4.79 Å². The Morgan fingerprint density at radius 1 is 1.89 bits per heavy atom. The second-order valence-corrected chi connectivity index (χ2v) is 2.44. The fourth-order valence-electron chi connectivity index (χ4n) is 0.895. The molecule has 2 heteroatoms. The van der Waals surface area contributed by atoms with Crippen molar-refractivity contribution in [2.75, 3.05) is 0 Å². The van der Waals surface area contributed by atoms with Crippen molar-refractivity contribution in [3.63, 3.8) is 0 Å². The van der Waals surface area contributed by atoms with Gasteiger partial charge in [-0.2, -0.15) is 0 Å². The quantitative estimate of drug-likeness (QED) is 0.526. The molecule has 0 spiro atoms. The Kier molecular flexibility index (Phi) is 1.88. The first-order valence-corrected chi connectivity index (χ1v) is 3.20. The Hall–Kier alpha value is -0.790. The normalized spacial score (nSPS) is 26.3. The Bertz CT molecular complexity index is 140. The summed E-state index contributed by atoms with van der Waals surface area (Å²) in [6.07, 6.45) is 4.88. The van der Waals surface area contributed by atoms with Crippen LogP contribution in [0.15, 0.2) is 11.8 Å². The molecular weight excluding hydrogens is 114 g/mol. The highest BCUT2D eigenvalue weighted by Crippen LogP contribution is 2.09. The molecule has 1 aliphatic rings. The maximum atomic E-state index is 10.2. The van der Waals surface area contributed by atoms with Gasteiger partial charge in [0.2, 0.25) is 0 Å². The van der Waals surface area contributed by atoms with Crippen molar-refractivity contribution in [2.45, 2.75) is 25.8 Å². The highest BCUT2D eigenvalue weighted by molar-refractivity contribution is 5.58. The van der Waals surface area contributed by atoms with E-state index >= 15 is 0 Å². The van der Waals surface area contributed by atoms with Gasteiger partial charge in [0.1, 0.15) is 6.29 Å². The lowest BCUT2D eigenvalue weighted by molar-refractivity contribution is -0.109.